The third-order valence-electron chi connectivity index (χ3n) is 2.54. The molecule has 0 saturated carbocycles. The number of benzene rings is 2. The molecule has 2 aromatic carbocycles. The maximum Gasteiger partial charge on any atom is 0.312 e. The highest BCUT2D eigenvalue weighted by molar-refractivity contribution is 5.59. The number of nitro benzene ring substituents is 1. The zero-order valence-corrected chi connectivity index (χ0v) is 10.7. The van der Waals surface area contributed by atoms with Crippen LogP contribution in [0.3, 0.4) is 0 Å². The van der Waals surface area contributed by atoms with Crippen molar-refractivity contribution < 1.29 is 14.6 Å². The van der Waals surface area contributed by atoms with E-state index in [9.17, 15) is 20.2 Å². The third-order valence-corrected chi connectivity index (χ3v) is 2.54. The molecule has 2 rings (SSSR count). The molecule has 7 nitrogen and oxygen atoms in total. The van der Waals surface area contributed by atoms with E-state index in [0.29, 0.717) is 11.3 Å². The number of ether oxygens (including phenoxy) is 1. The minimum absolute atomic E-state index is 0.0736. The molecule has 0 aliphatic carbocycles. The molecule has 0 amide bonds. The Labute approximate surface area is 119 Å². The molecule has 0 heterocycles. The second kappa shape index (κ2) is 6.29. The van der Waals surface area contributed by atoms with Crippen molar-refractivity contribution in [3.05, 3.63) is 80.5 Å². The van der Waals surface area contributed by atoms with Crippen LogP contribution in [-0.4, -0.2) is 9.85 Å². The summed E-state index contributed by atoms with van der Waals surface area (Å²) in [5, 5.41) is 21.3. The Morgan fingerprint density at radius 1 is 1.00 bits per heavy atom. The lowest BCUT2D eigenvalue weighted by Crippen LogP contribution is -1.94. The normalized spacial score (nSPS) is 10.5. The van der Waals surface area contributed by atoms with Crippen LogP contribution < -0.4 is 4.74 Å². The van der Waals surface area contributed by atoms with Gasteiger partial charge in [0.15, 0.2) is 0 Å². The fraction of sp³-hybridized carbons (Fsp3) is 0. The first-order valence-corrected chi connectivity index (χ1v) is 5.89. The zero-order valence-electron chi connectivity index (χ0n) is 10.7. The van der Waals surface area contributed by atoms with Crippen molar-refractivity contribution in [1.29, 1.82) is 0 Å². The Morgan fingerprint density at radius 2 is 1.71 bits per heavy atom. The summed E-state index contributed by atoms with van der Waals surface area (Å²) in [7, 11) is 0. The van der Waals surface area contributed by atoms with E-state index in [0.717, 1.165) is 6.20 Å². The van der Waals surface area contributed by atoms with Crippen molar-refractivity contribution in [3.8, 4) is 11.5 Å². The summed E-state index contributed by atoms with van der Waals surface area (Å²) in [5.41, 5.74) is 0.0863. The summed E-state index contributed by atoms with van der Waals surface area (Å²) in [5.74, 6) is 0.540. The highest BCUT2D eigenvalue weighted by atomic mass is 16.6. The van der Waals surface area contributed by atoms with Crippen molar-refractivity contribution in [1.82, 2.24) is 0 Å². The van der Waals surface area contributed by atoms with Crippen LogP contribution in [0.5, 0.6) is 11.5 Å². The Bertz CT molecular complexity index is 698. The van der Waals surface area contributed by atoms with E-state index < -0.39 is 9.85 Å². The van der Waals surface area contributed by atoms with Crippen molar-refractivity contribution in [3.63, 3.8) is 0 Å². The summed E-state index contributed by atoms with van der Waals surface area (Å²) < 4.78 is 5.45. The summed E-state index contributed by atoms with van der Waals surface area (Å²) in [6.07, 6.45) is 1.90. The Hall–Kier alpha value is -3.22. The largest absolute Gasteiger partial charge is 0.450 e. The van der Waals surface area contributed by atoms with Crippen LogP contribution in [0, 0.1) is 20.2 Å². The van der Waals surface area contributed by atoms with E-state index in [4.69, 9.17) is 4.74 Å². The lowest BCUT2D eigenvalue weighted by molar-refractivity contribution is -0.400. The number of rotatable bonds is 5. The molecule has 0 fully saturated rings. The molecule has 106 valence electrons. The SMILES string of the molecule is O=[N+]([O-])C=Cc1ccc(Oc2ccccc2)c([N+](=O)[O-])c1. The van der Waals surface area contributed by atoms with Crippen LogP contribution in [0.1, 0.15) is 5.56 Å². The maximum atomic E-state index is 11.1. The average Bonchev–Trinajstić information content (AvgIpc) is 2.47. The van der Waals surface area contributed by atoms with Crippen molar-refractivity contribution >= 4 is 11.8 Å². The van der Waals surface area contributed by atoms with E-state index in [1.165, 1.54) is 24.3 Å². The van der Waals surface area contributed by atoms with Crippen LogP contribution >= 0.6 is 0 Å². The van der Waals surface area contributed by atoms with Crippen LogP contribution in [0.4, 0.5) is 5.69 Å². The number of para-hydroxylation sites is 1. The van der Waals surface area contributed by atoms with Gasteiger partial charge in [0, 0.05) is 12.1 Å². The summed E-state index contributed by atoms with van der Waals surface area (Å²) >= 11 is 0. The van der Waals surface area contributed by atoms with Crippen molar-refractivity contribution in [2.75, 3.05) is 0 Å². The molecule has 0 aliphatic heterocycles. The van der Waals surface area contributed by atoms with Gasteiger partial charge in [-0.05, 0) is 23.8 Å². The van der Waals surface area contributed by atoms with Gasteiger partial charge in [0.25, 0.3) is 0 Å². The zero-order chi connectivity index (χ0) is 15.2. The molecule has 0 unspecified atom stereocenters. The Morgan fingerprint density at radius 3 is 2.33 bits per heavy atom. The van der Waals surface area contributed by atoms with Crippen molar-refractivity contribution in [2.24, 2.45) is 0 Å². The molecule has 7 heteroatoms. The van der Waals surface area contributed by atoms with Crippen LogP contribution in [-0.2, 0) is 0 Å². The molecule has 0 aromatic heterocycles. The Balaban J connectivity index is 2.33. The summed E-state index contributed by atoms with van der Waals surface area (Å²) in [6.45, 7) is 0. The molecule has 0 saturated heterocycles. The molecule has 0 radical (unpaired) electrons. The lowest BCUT2D eigenvalue weighted by Gasteiger charge is -2.06. The first-order chi connectivity index (χ1) is 10.1. The van der Waals surface area contributed by atoms with Crippen LogP contribution in [0.25, 0.3) is 6.08 Å². The predicted molar refractivity (Wildman–Crippen MR) is 75.6 cm³/mol. The van der Waals surface area contributed by atoms with E-state index in [2.05, 4.69) is 0 Å². The molecule has 0 aliphatic rings. The Kier molecular flexibility index (Phi) is 4.25. The second-order valence-electron chi connectivity index (χ2n) is 4.00. The van der Waals surface area contributed by atoms with Gasteiger partial charge in [0.1, 0.15) is 5.75 Å². The molecule has 0 bridgehead atoms. The van der Waals surface area contributed by atoms with Crippen LogP contribution in [0.2, 0.25) is 0 Å². The fourth-order valence-electron chi connectivity index (χ4n) is 1.63. The van der Waals surface area contributed by atoms with Gasteiger partial charge in [0.05, 0.1) is 9.85 Å². The maximum absolute atomic E-state index is 11.1. The molecular weight excluding hydrogens is 276 g/mol. The number of hydrogen-bond donors (Lipinski definition) is 0. The topological polar surface area (TPSA) is 95.5 Å². The molecule has 0 atom stereocenters. The van der Waals surface area contributed by atoms with Gasteiger partial charge >= 0.3 is 5.69 Å². The number of nitrogens with zero attached hydrogens (tertiary/aromatic N) is 2. The van der Waals surface area contributed by atoms with E-state index >= 15 is 0 Å². The van der Waals surface area contributed by atoms with Gasteiger partial charge in [-0.15, -0.1) is 0 Å². The molecule has 21 heavy (non-hydrogen) atoms. The van der Waals surface area contributed by atoms with Crippen LogP contribution in [0.15, 0.2) is 54.7 Å². The van der Waals surface area contributed by atoms with Gasteiger partial charge in [-0.2, -0.15) is 0 Å². The van der Waals surface area contributed by atoms with Gasteiger partial charge in [-0.3, -0.25) is 20.2 Å². The fourth-order valence-corrected chi connectivity index (χ4v) is 1.63. The molecule has 0 N–H and O–H groups in total. The summed E-state index contributed by atoms with van der Waals surface area (Å²) in [6, 6.07) is 12.8. The monoisotopic (exact) mass is 286 g/mol. The third kappa shape index (κ3) is 3.87. The predicted octanol–water partition coefficient (Wildman–Crippen LogP) is 3.63. The quantitative estimate of drug-likeness (QED) is 0.617. The molecular formula is C14H10N2O5. The highest BCUT2D eigenvalue weighted by Gasteiger charge is 2.16. The minimum Gasteiger partial charge on any atom is -0.450 e. The molecule has 2 aromatic rings. The lowest BCUT2D eigenvalue weighted by atomic mass is 10.2. The number of nitro groups is 2. The van der Waals surface area contributed by atoms with E-state index in [1.54, 1.807) is 30.3 Å². The minimum atomic E-state index is -0.639. The van der Waals surface area contributed by atoms with Gasteiger partial charge < -0.3 is 4.74 Å². The summed E-state index contributed by atoms with van der Waals surface area (Å²) in [4.78, 5) is 20.1. The van der Waals surface area contributed by atoms with E-state index in [-0.39, 0.29) is 11.4 Å². The molecule has 0 spiro atoms. The van der Waals surface area contributed by atoms with Gasteiger partial charge in [-0.1, -0.05) is 24.3 Å². The average molecular weight is 286 g/mol. The second-order valence-corrected chi connectivity index (χ2v) is 4.00. The smallest absolute Gasteiger partial charge is 0.312 e. The first-order valence-electron chi connectivity index (χ1n) is 5.89. The van der Waals surface area contributed by atoms with E-state index in [1.807, 2.05) is 0 Å². The first kappa shape index (κ1) is 14.2. The highest BCUT2D eigenvalue weighted by Crippen LogP contribution is 2.32. The number of hydrogen-bond acceptors (Lipinski definition) is 5. The standard InChI is InChI=1S/C14H10N2O5/c17-15(18)9-8-11-6-7-14(13(10-11)16(19)20)21-12-4-2-1-3-5-12/h1-10H. The van der Waals surface area contributed by atoms with Gasteiger partial charge in [-0.25, -0.2) is 0 Å². The van der Waals surface area contributed by atoms with Crippen molar-refractivity contribution in [2.45, 2.75) is 0 Å². The van der Waals surface area contributed by atoms with Gasteiger partial charge in [0.2, 0.25) is 11.9 Å².